The molecule has 0 N–H and O–H groups in total. The van der Waals surface area contributed by atoms with Crippen LogP contribution >= 0.6 is 0 Å². The van der Waals surface area contributed by atoms with Gasteiger partial charge in [-0.3, -0.25) is 0 Å². The molecule has 0 aliphatic carbocycles. The van der Waals surface area contributed by atoms with Gasteiger partial charge in [0.1, 0.15) is 24.7 Å². The Morgan fingerprint density at radius 2 is 1.50 bits per heavy atom. The van der Waals surface area contributed by atoms with Gasteiger partial charge in [0, 0.05) is 11.1 Å². The van der Waals surface area contributed by atoms with Crippen LogP contribution in [-0.2, 0) is 22.7 Å². The van der Waals surface area contributed by atoms with Crippen molar-refractivity contribution < 1.29 is 14.0 Å². The molecule has 0 saturated carbocycles. The third-order valence-corrected chi connectivity index (χ3v) is 3.76. The number of ether oxygens (including phenoxy) is 2. The lowest BCUT2D eigenvalue weighted by Crippen LogP contribution is -2.15. The van der Waals surface area contributed by atoms with E-state index in [9.17, 15) is 4.55 Å². The number of hydrogen-bond acceptors (Lipinski definition) is 3. The molecule has 74 valence electrons. The second kappa shape index (κ2) is 3.07. The highest BCUT2D eigenvalue weighted by atomic mass is 32.2. The first kappa shape index (κ1) is 8.44. The Kier molecular flexibility index (Phi) is 1.85. The predicted octanol–water partition coefficient (Wildman–Crippen LogP) is 1.22. The molecule has 2 heterocycles. The second-order valence-electron chi connectivity index (χ2n) is 3.49. The zero-order chi connectivity index (χ0) is 9.54. The van der Waals surface area contributed by atoms with Crippen LogP contribution in [0.1, 0.15) is 11.1 Å². The third kappa shape index (κ3) is 1.26. The molecule has 14 heavy (non-hydrogen) atoms. The van der Waals surface area contributed by atoms with Crippen molar-refractivity contribution in [3.05, 3.63) is 23.3 Å². The SMILES string of the molecule is [O-][S+]1Cc2cc3c(cc2C1)OCCO3. The lowest BCUT2D eigenvalue weighted by atomic mass is 10.1. The van der Waals surface area contributed by atoms with E-state index in [1.165, 1.54) is 0 Å². The van der Waals surface area contributed by atoms with Crippen molar-refractivity contribution in [3.8, 4) is 11.5 Å². The Morgan fingerprint density at radius 3 is 2.00 bits per heavy atom. The van der Waals surface area contributed by atoms with Crippen LogP contribution in [0.4, 0.5) is 0 Å². The molecular weight excluding hydrogens is 200 g/mol. The molecule has 2 aliphatic rings. The molecule has 0 radical (unpaired) electrons. The Hall–Kier alpha value is -0.870. The minimum atomic E-state index is -0.731. The van der Waals surface area contributed by atoms with E-state index >= 15 is 0 Å². The predicted molar refractivity (Wildman–Crippen MR) is 53.0 cm³/mol. The summed E-state index contributed by atoms with van der Waals surface area (Å²) in [5.74, 6) is 2.92. The highest BCUT2D eigenvalue weighted by Gasteiger charge is 2.26. The van der Waals surface area contributed by atoms with Gasteiger partial charge in [0.25, 0.3) is 0 Å². The first-order chi connectivity index (χ1) is 6.83. The normalized spacial score (nSPS) is 19.5. The maximum absolute atomic E-state index is 11.3. The Labute approximate surface area is 85.2 Å². The fourth-order valence-corrected chi connectivity index (χ4v) is 3.17. The fourth-order valence-electron chi connectivity index (χ4n) is 1.84. The zero-order valence-electron chi connectivity index (χ0n) is 7.62. The summed E-state index contributed by atoms with van der Waals surface area (Å²) in [7, 11) is 0. The van der Waals surface area contributed by atoms with Gasteiger partial charge in [-0.1, -0.05) is 0 Å². The van der Waals surface area contributed by atoms with Crippen LogP contribution < -0.4 is 9.47 Å². The van der Waals surface area contributed by atoms with E-state index < -0.39 is 11.2 Å². The van der Waals surface area contributed by atoms with Gasteiger partial charge in [0.2, 0.25) is 0 Å². The average Bonchev–Trinajstić information content (AvgIpc) is 2.53. The maximum atomic E-state index is 11.3. The maximum Gasteiger partial charge on any atom is 0.161 e. The van der Waals surface area contributed by atoms with Crippen molar-refractivity contribution in [2.45, 2.75) is 11.5 Å². The van der Waals surface area contributed by atoms with Crippen LogP contribution in [0.25, 0.3) is 0 Å². The summed E-state index contributed by atoms with van der Waals surface area (Å²) < 4.78 is 22.3. The van der Waals surface area contributed by atoms with Gasteiger partial charge in [0.05, 0.1) is 0 Å². The van der Waals surface area contributed by atoms with Crippen molar-refractivity contribution in [1.82, 2.24) is 0 Å². The largest absolute Gasteiger partial charge is 0.616 e. The minimum Gasteiger partial charge on any atom is -0.616 e. The topological polar surface area (TPSA) is 41.5 Å². The van der Waals surface area contributed by atoms with Crippen LogP contribution in [0.15, 0.2) is 12.1 Å². The fraction of sp³-hybridized carbons (Fsp3) is 0.400. The minimum absolute atomic E-state index is 0.606. The van der Waals surface area contributed by atoms with E-state index in [4.69, 9.17) is 9.47 Å². The van der Waals surface area contributed by atoms with Crippen LogP contribution in [0.5, 0.6) is 11.5 Å². The average molecular weight is 210 g/mol. The van der Waals surface area contributed by atoms with Gasteiger partial charge in [-0.15, -0.1) is 0 Å². The molecule has 0 bridgehead atoms. The van der Waals surface area contributed by atoms with Crippen LogP contribution in [0.3, 0.4) is 0 Å². The highest BCUT2D eigenvalue weighted by molar-refractivity contribution is 7.90. The molecule has 1 aromatic rings. The van der Waals surface area contributed by atoms with E-state index in [-0.39, 0.29) is 0 Å². The monoisotopic (exact) mass is 210 g/mol. The molecule has 0 unspecified atom stereocenters. The molecule has 1 aromatic carbocycles. The molecule has 0 aromatic heterocycles. The van der Waals surface area contributed by atoms with Gasteiger partial charge >= 0.3 is 0 Å². The zero-order valence-corrected chi connectivity index (χ0v) is 8.43. The Balaban J connectivity index is 2.06. The first-order valence-corrected chi connectivity index (χ1v) is 6.08. The summed E-state index contributed by atoms with van der Waals surface area (Å²) in [5.41, 5.74) is 2.29. The molecule has 3 nitrogen and oxygen atoms in total. The molecule has 2 aliphatic heterocycles. The van der Waals surface area contributed by atoms with E-state index in [1.807, 2.05) is 12.1 Å². The van der Waals surface area contributed by atoms with Crippen molar-refractivity contribution in [1.29, 1.82) is 0 Å². The lowest BCUT2D eigenvalue weighted by Gasteiger charge is -2.18. The summed E-state index contributed by atoms with van der Waals surface area (Å²) in [6.45, 7) is 1.21. The van der Waals surface area contributed by atoms with Crippen molar-refractivity contribution in [2.75, 3.05) is 13.2 Å². The Morgan fingerprint density at radius 1 is 1.00 bits per heavy atom. The van der Waals surface area contributed by atoms with E-state index in [1.54, 1.807) is 0 Å². The molecule has 0 spiro atoms. The molecular formula is C10H10O3S. The van der Waals surface area contributed by atoms with Crippen LogP contribution in [0, 0.1) is 0 Å². The standard InChI is InChI=1S/C10H10O3S/c11-14-5-7-3-9-10(4-8(7)6-14)13-2-1-12-9/h3-4H,1-2,5-6H2. The quantitative estimate of drug-likeness (QED) is 0.605. The Bertz CT molecular complexity index is 343. The van der Waals surface area contributed by atoms with Crippen molar-refractivity contribution in [2.24, 2.45) is 0 Å². The smallest absolute Gasteiger partial charge is 0.161 e. The van der Waals surface area contributed by atoms with E-state index in [0.29, 0.717) is 24.7 Å². The number of benzene rings is 1. The summed E-state index contributed by atoms with van der Waals surface area (Å²) in [6, 6.07) is 3.93. The van der Waals surface area contributed by atoms with Crippen molar-refractivity contribution in [3.63, 3.8) is 0 Å². The molecule has 0 saturated heterocycles. The summed E-state index contributed by atoms with van der Waals surface area (Å²) in [5, 5.41) is 0. The van der Waals surface area contributed by atoms with Crippen LogP contribution in [-0.4, -0.2) is 17.8 Å². The summed E-state index contributed by atoms with van der Waals surface area (Å²) in [6.07, 6.45) is 0. The highest BCUT2D eigenvalue weighted by Crippen LogP contribution is 2.37. The molecule has 0 atom stereocenters. The molecule has 4 heteroatoms. The van der Waals surface area contributed by atoms with Gasteiger partial charge in [-0.2, -0.15) is 0 Å². The van der Waals surface area contributed by atoms with Crippen molar-refractivity contribution >= 4 is 11.2 Å². The van der Waals surface area contributed by atoms with E-state index in [2.05, 4.69) is 0 Å². The number of rotatable bonds is 0. The lowest BCUT2D eigenvalue weighted by molar-refractivity contribution is 0.171. The van der Waals surface area contributed by atoms with Gasteiger partial charge in [-0.25, -0.2) is 0 Å². The summed E-state index contributed by atoms with van der Waals surface area (Å²) in [4.78, 5) is 0. The number of hydrogen-bond donors (Lipinski definition) is 0. The van der Waals surface area contributed by atoms with Gasteiger partial charge in [-0.05, 0) is 23.3 Å². The molecule has 0 amide bonds. The van der Waals surface area contributed by atoms with Crippen LogP contribution in [0.2, 0.25) is 0 Å². The van der Waals surface area contributed by atoms with Gasteiger partial charge in [0.15, 0.2) is 11.5 Å². The summed E-state index contributed by atoms with van der Waals surface area (Å²) >= 11 is -0.731. The molecule has 0 fully saturated rings. The van der Waals surface area contributed by atoms with Gasteiger partial charge < -0.3 is 14.0 Å². The number of fused-ring (bicyclic) bond motifs is 2. The molecule has 3 rings (SSSR count). The van der Waals surface area contributed by atoms with E-state index in [0.717, 1.165) is 22.6 Å². The third-order valence-electron chi connectivity index (χ3n) is 2.50. The first-order valence-electron chi connectivity index (χ1n) is 4.59. The second-order valence-corrected chi connectivity index (χ2v) is 4.95.